The standard InChI is InChI=1S/C14H24N4O2/c1-3-7-15-13-16-8-4-12(17-13)18(2)11-14(19)5-9-20-10-6-14/h4,8,19H,3,5-7,9-11H2,1-2H3,(H,15,16,17). The Morgan fingerprint density at radius 3 is 2.90 bits per heavy atom. The van der Waals surface area contributed by atoms with Gasteiger partial charge in [-0.15, -0.1) is 0 Å². The van der Waals surface area contributed by atoms with E-state index in [0.717, 1.165) is 18.8 Å². The van der Waals surface area contributed by atoms with E-state index in [1.54, 1.807) is 6.20 Å². The molecule has 1 aliphatic heterocycles. The lowest BCUT2D eigenvalue weighted by Crippen LogP contribution is -2.46. The van der Waals surface area contributed by atoms with Crippen LogP contribution in [-0.4, -0.2) is 54.0 Å². The first-order chi connectivity index (χ1) is 9.63. The summed E-state index contributed by atoms with van der Waals surface area (Å²) in [6.07, 6.45) is 4.11. The summed E-state index contributed by atoms with van der Waals surface area (Å²) >= 11 is 0. The van der Waals surface area contributed by atoms with E-state index in [2.05, 4.69) is 22.2 Å². The molecule has 0 aromatic carbocycles. The molecule has 0 spiro atoms. The van der Waals surface area contributed by atoms with Crippen LogP contribution in [0.4, 0.5) is 11.8 Å². The van der Waals surface area contributed by atoms with Gasteiger partial charge in [0.15, 0.2) is 0 Å². The molecule has 6 heteroatoms. The highest BCUT2D eigenvalue weighted by Crippen LogP contribution is 2.23. The van der Waals surface area contributed by atoms with Crippen LogP contribution in [0, 0.1) is 0 Å². The lowest BCUT2D eigenvalue weighted by molar-refractivity contribution is -0.0573. The van der Waals surface area contributed by atoms with Crippen molar-refractivity contribution >= 4 is 11.8 Å². The Morgan fingerprint density at radius 1 is 1.45 bits per heavy atom. The number of nitrogens with one attached hydrogen (secondary N) is 1. The Labute approximate surface area is 120 Å². The van der Waals surface area contributed by atoms with E-state index in [4.69, 9.17) is 4.74 Å². The van der Waals surface area contributed by atoms with Crippen molar-refractivity contribution in [2.75, 3.05) is 43.6 Å². The molecule has 2 heterocycles. The summed E-state index contributed by atoms with van der Waals surface area (Å²) in [5.74, 6) is 1.45. The average molecular weight is 280 g/mol. The van der Waals surface area contributed by atoms with Crippen LogP contribution in [0.1, 0.15) is 26.2 Å². The third kappa shape index (κ3) is 4.05. The third-order valence-corrected chi connectivity index (χ3v) is 3.52. The van der Waals surface area contributed by atoms with Crippen molar-refractivity contribution in [2.24, 2.45) is 0 Å². The number of aromatic nitrogens is 2. The molecule has 1 aromatic rings. The molecule has 1 aliphatic rings. The summed E-state index contributed by atoms with van der Waals surface area (Å²) in [4.78, 5) is 10.6. The normalized spacial score (nSPS) is 17.8. The number of ether oxygens (including phenoxy) is 1. The van der Waals surface area contributed by atoms with Crippen molar-refractivity contribution in [3.8, 4) is 0 Å². The van der Waals surface area contributed by atoms with Crippen LogP contribution in [0.15, 0.2) is 12.3 Å². The van der Waals surface area contributed by atoms with Crippen molar-refractivity contribution < 1.29 is 9.84 Å². The highest BCUT2D eigenvalue weighted by atomic mass is 16.5. The Bertz CT molecular complexity index is 421. The predicted molar refractivity (Wildman–Crippen MR) is 79.1 cm³/mol. The Kier molecular flexibility index (Phi) is 5.14. The maximum absolute atomic E-state index is 10.5. The van der Waals surface area contributed by atoms with Crippen molar-refractivity contribution in [1.82, 2.24) is 9.97 Å². The summed E-state index contributed by atoms with van der Waals surface area (Å²) in [6, 6.07) is 1.86. The zero-order chi connectivity index (χ0) is 14.4. The average Bonchev–Trinajstić information content (AvgIpc) is 2.45. The predicted octanol–water partition coefficient (Wildman–Crippen LogP) is 1.28. The lowest BCUT2D eigenvalue weighted by atomic mass is 9.94. The summed E-state index contributed by atoms with van der Waals surface area (Å²) in [6.45, 7) is 4.76. The van der Waals surface area contributed by atoms with Gasteiger partial charge in [0.25, 0.3) is 0 Å². The first-order valence-corrected chi connectivity index (χ1v) is 7.21. The van der Waals surface area contributed by atoms with Gasteiger partial charge in [-0.25, -0.2) is 4.98 Å². The van der Waals surface area contributed by atoms with E-state index in [9.17, 15) is 5.11 Å². The number of aliphatic hydroxyl groups is 1. The minimum absolute atomic E-state index is 0.556. The van der Waals surface area contributed by atoms with Crippen LogP contribution in [0.5, 0.6) is 0 Å². The van der Waals surface area contributed by atoms with E-state index in [1.807, 2.05) is 18.0 Å². The highest BCUT2D eigenvalue weighted by Gasteiger charge is 2.31. The zero-order valence-electron chi connectivity index (χ0n) is 12.3. The van der Waals surface area contributed by atoms with Crippen LogP contribution >= 0.6 is 0 Å². The van der Waals surface area contributed by atoms with Crippen molar-refractivity contribution in [2.45, 2.75) is 31.8 Å². The molecule has 0 radical (unpaired) electrons. The molecule has 0 aliphatic carbocycles. The summed E-state index contributed by atoms with van der Waals surface area (Å²) in [7, 11) is 1.94. The van der Waals surface area contributed by atoms with Crippen LogP contribution in [0.2, 0.25) is 0 Å². The Balaban J connectivity index is 1.99. The molecule has 1 fully saturated rings. The monoisotopic (exact) mass is 280 g/mol. The second kappa shape index (κ2) is 6.85. The smallest absolute Gasteiger partial charge is 0.224 e. The van der Waals surface area contributed by atoms with Gasteiger partial charge in [-0.3, -0.25) is 0 Å². The molecule has 1 saturated heterocycles. The molecule has 0 bridgehead atoms. The zero-order valence-corrected chi connectivity index (χ0v) is 12.3. The molecule has 1 aromatic heterocycles. The fraction of sp³-hybridized carbons (Fsp3) is 0.714. The van der Waals surface area contributed by atoms with Crippen LogP contribution in [0.3, 0.4) is 0 Å². The minimum Gasteiger partial charge on any atom is -0.388 e. The van der Waals surface area contributed by atoms with E-state index < -0.39 is 5.60 Å². The van der Waals surface area contributed by atoms with Gasteiger partial charge in [-0.2, -0.15) is 4.98 Å². The number of likely N-dealkylation sites (N-methyl/N-ethyl adjacent to an activating group) is 1. The molecule has 0 unspecified atom stereocenters. The first kappa shape index (κ1) is 15.0. The summed E-state index contributed by atoms with van der Waals surface area (Å²) < 4.78 is 5.30. The largest absolute Gasteiger partial charge is 0.388 e. The fourth-order valence-corrected chi connectivity index (χ4v) is 2.32. The molecule has 0 atom stereocenters. The number of rotatable bonds is 6. The molecule has 2 rings (SSSR count). The van der Waals surface area contributed by atoms with E-state index >= 15 is 0 Å². The maximum Gasteiger partial charge on any atom is 0.224 e. The minimum atomic E-state index is -0.686. The van der Waals surface area contributed by atoms with Gasteiger partial charge in [0.2, 0.25) is 5.95 Å². The van der Waals surface area contributed by atoms with Gasteiger partial charge in [0.1, 0.15) is 5.82 Å². The van der Waals surface area contributed by atoms with Crippen molar-refractivity contribution in [1.29, 1.82) is 0 Å². The molecular formula is C14H24N4O2. The molecule has 112 valence electrons. The second-order valence-corrected chi connectivity index (χ2v) is 5.36. The molecule has 0 amide bonds. The number of hydrogen-bond acceptors (Lipinski definition) is 6. The second-order valence-electron chi connectivity index (χ2n) is 5.36. The number of anilines is 2. The first-order valence-electron chi connectivity index (χ1n) is 7.21. The summed E-state index contributed by atoms with van der Waals surface area (Å²) in [5.41, 5.74) is -0.686. The molecule has 20 heavy (non-hydrogen) atoms. The topological polar surface area (TPSA) is 70.5 Å². The van der Waals surface area contributed by atoms with Gasteiger partial charge in [-0.1, -0.05) is 6.92 Å². The van der Waals surface area contributed by atoms with Gasteiger partial charge in [0, 0.05) is 52.4 Å². The van der Waals surface area contributed by atoms with Crippen LogP contribution in [-0.2, 0) is 4.74 Å². The van der Waals surface area contributed by atoms with Crippen LogP contribution in [0.25, 0.3) is 0 Å². The van der Waals surface area contributed by atoms with Gasteiger partial charge < -0.3 is 20.1 Å². The van der Waals surface area contributed by atoms with Gasteiger partial charge >= 0.3 is 0 Å². The van der Waals surface area contributed by atoms with E-state index in [0.29, 0.717) is 38.5 Å². The molecule has 6 nitrogen and oxygen atoms in total. The third-order valence-electron chi connectivity index (χ3n) is 3.52. The highest BCUT2D eigenvalue weighted by molar-refractivity contribution is 5.42. The fourth-order valence-electron chi connectivity index (χ4n) is 2.32. The lowest BCUT2D eigenvalue weighted by Gasteiger charge is -2.35. The quantitative estimate of drug-likeness (QED) is 0.818. The van der Waals surface area contributed by atoms with E-state index in [-0.39, 0.29) is 0 Å². The Hall–Kier alpha value is -1.40. The van der Waals surface area contributed by atoms with Crippen LogP contribution < -0.4 is 10.2 Å². The van der Waals surface area contributed by atoms with Gasteiger partial charge in [0.05, 0.1) is 5.60 Å². The SMILES string of the molecule is CCCNc1nccc(N(C)CC2(O)CCOCC2)n1. The summed E-state index contributed by atoms with van der Waals surface area (Å²) in [5, 5.41) is 13.7. The van der Waals surface area contributed by atoms with Crippen molar-refractivity contribution in [3.63, 3.8) is 0 Å². The molecular weight excluding hydrogens is 256 g/mol. The number of hydrogen-bond donors (Lipinski definition) is 2. The Morgan fingerprint density at radius 2 is 2.20 bits per heavy atom. The van der Waals surface area contributed by atoms with Crippen molar-refractivity contribution in [3.05, 3.63) is 12.3 Å². The van der Waals surface area contributed by atoms with Gasteiger partial charge in [-0.05, 0) is 12.5 Å². The molecule has 0 saturated carbocycles. The number of nitrogens with zero attached hydrogens (tertiary/aromatic N) is 3. The maximum atomic E-state index is 10.5. The van der Waals surface area contributed by atoms with E-state index in [1.165, 1.54) is 0 Å². The molecule has 2 N–H and O–H groups in total.